The number of hydrogen-bond donors (Lipinski definition) is 1. The van der Waals surface area contributed by atoms with Crippen LogP contribution in [0.3, 0.4) is 0 Å². The summed E-state index contributed by atoms with van der Waals surface area (Å²) < 4.78 is 10.5. The zero-order chi connectivity index (χ0) is 12.4. The van der Waals surface area contributed by atoms with E-state index in [9.17, 15) is 4.79 Å². The lowest BCUT2D eigenvalue weighted by molar-refractivity contribution is 0.131. The van der Waals surface area contributed by atoms with E-state index in [0.29, 0.717) is 18.0 Å². The molecule has 1 amide bonds. The first kappa shape index (κ1) is 11.6. The maximum absolute atomic E-state index is 11.0. The average Bonchev–Trinajstić information content (AvgIpc) is 2.75. The van der Waals surface area contributed by atoms with Crippen molar-refractivity contribution in [1.82, 2.24) is 4.90 Å². The van der Waals surface area contributed by atoms with Crippen molar-refractivity contribution < 1.29 is 19.4 Å². The highest BCUT2D eigenvalue weighted by Crippen LogP contribution is 2.35. The lowest BCUT2D eigenvalue weighted by Gasteiger charge is -2.25. The smallest absolute Gasteiger partial charge is 0.407 e. The molecule has 1 aliphatic heterocycles. The van der Waals surface area contributed by atoms with Gasteiger partial charge in [-0.2, -0.15) is 0 Å². The number of amides is 1. The second-order valence-electron chi connectivity index (χ2n) is 3.86. The number of hydrogen-bond acceptors (Lipinski definition) is 3. The van der Waals surface area contributed by atoms with Crippen molar-refractivity contribution in [1.29, 1.82) is 0 Å². The van der Waals surface area contributed by atoms with Crippen LogP contribution in [0.1, 0.15) is 25.5 Å². The minimum Gasteiger partial charge on any atom is -0.465 e. The monoisotopic (exact) mass is 237 g/mol. The van der Waals surface area contributed by atoms with E-state index in [4.69, 9.17) is 14.6 Å². The Bertz CT molecular complexity index is 433. The van der Waals surface area contributed by atoms with Crippen LogP contribution in [0.25, 0.3) is 0 Å². The summed E-state index contributed by atoms with van der Waals surface area (Å²) in [7, 11) is 0. The minimum absolute atomic E-state index is 0.202. The lowest BCUT2D eigenvalue weighted by Crippen LogP contribution is -2.31. The fraction of sp³-hybridized carbons (Fsp3) is 0.417. The molecule has 1 aromatic carbocycles. The van der Waals surface area contributed by atoms with Crippen molar-refractivity contribution in [3.05, 3.63) is 23.8 Å². The van der Waals surface area contributed by atoms with Crippen LogP contribution in [0.5, 0.6) is 11.5 Å². The molecule has 5 nitrogen and oxygen atoms in total. The van der Waals surface area contributed by atoms with E-state index in [1.165, 1.54) is 4.90 Å². The molecule has 0 fully saturated rings. The molecule has 2 rings (SSSR count). The average molecular weight is 237 g/mol. The first-order chi connectivity index (χ1) is 8.13. The third kappa shape index (κ3) is 2.13. The van der Waals surface area contributed by atoms with Crippen LogP contribution < -0.4 is 9.47 Å². The zero-order valence-electron chi connectivity index (χ0n) is 9.84. The van der Waals surface area contributed by atoms with Crippen molar-refractivity contribution in [3.63, 3.8) is 0 Å². The van der Waals surface area contributed by atoms with Gasteiger partial charge in [0.05, 0.1) is 6.04 Å². The molecule has 1 N–H and O–H groups in total. The minimum atomic E-state index is -0.919. The summed E-state index contributed by atoms with van der Waals surface area (Å²) in [5.41, 5.74) is 0.901. The van der Waals surface area contributed by atoms with Gasteiger partial charge in [0.25, 0.3) is 0 Å². The second-order valence-corrected chi connectivity index (χ2v) is 3.86. The molecule has 17 heavy (non-hydrogen) atoms. The van der Waals surface area contributed by atoms with E-state index in [-0.39, 0.29) is 12.8 Å². The Balaban J connectivity index is 2.24. The van der Waals surface area contributed by atoms with E-state index >= 15 is 0 Å². The Morgan fingerprint density at radius 1 is 1.47 bits per heavy atom. The van der Waals surface area contributed by atoms with Crippen LogP contribution in [0.2, 0.25) is 0 Å². The summed E-state index contributed by atoms with van der Waals surface area (Å²) in [6.45, 7) is 4.35. The van der Waals surface area contributed by atoms with E-state index in [1.54, 1.807) is 0 Å². The van der Waals surface area contributed by atoms with Gasteiger partial charge in [0.15, 0.2) is 11.5 Å². The van der Waals surface area contributed by atoms with Gasteiger partial charge < -0.3 is 19.5 Å². The van der Waals surface area contributed by atoms with Gasteiger partial charge in [-0.15, -0.1) is 0 Å². The molecular formula is C12H15NO4. The molecule has 1 aliphatic rings. The van der Waals surface area contributed by atoms with Crippen molar-refractivity contribution >= 4 is 6.09 Å². The van der Waals surface area contributed by atoms with Crippen LogP contribution in [0, 0.1) is 0 Å². The van der Waals surface area contributed by atoms with Crippen LogP contribution in [-0.2, 0) is 0 Å². The van der Waals surface area contributed by atoms with Gasteiger partial charge in [-0.1, -0.05) is 6.07 Å². The van der Waals surface area contributed by atoms with Crippen LogP contribution in [-0.4, -0.2) is 29.4 Å². The molecular weight excluding hydrogens is 222 g/mol. The van der Waals surface area contributed by atoms with Crippen molar-refractivity contribution in [2.24, 2.45) is 0 Å². The van der Waals surface area contributed by atoms with Crippen molar-refractivity contribution in [3.8, 4) is 11.5 Å². The molecule has 5 heteroatoms. The van der Waals surface area contributed by atoms with Gasteiger partial charge in [0, 0.05) is 6.54 Å². The van der Waals surface area contributed by atoms with Crippen molar-refractivity contribution in [2.75, 3.05) is 13.3 Å². The molecule has 1 heterocycles. The van der Waals surface area contributed by atoms with E-state index in [2.05, 4.69) is 0 Å². The fourth-order valence-electron chi connectivity index (χ4n) is 1.93. The maximum Gasteiger partial charge on any atom is 0.407 e. The normalized spacial score (nSPS) is 14.5. The standard InChI is InChI=1S/C12H15NO4/c1-3-13(12(14)15)8(2)9-4-5-10-11(6-9)17-7-16-10/h4-6,8H,3,7H2,1-2H3,(H,14,15). The predicted octanol–water partition coefficient (Wildman–Crippen LogP) is 2.48. The number of rotatable bonds is 3. The highest BCUT2D eigenvalue weighted by atomic mass is 16.7. The zero-order valence-corrected chi connectivity index (χ0v) is 9.84. The van der Waals surface area contributed by atoms with Crippen LogP contribution >= 0.6 is 0 Å². The van der Waals surface area contributed by atoms with Gasteiger partial charge in [-0.05, 0) is 31.5 Å². The largest absolute Gasteiger partial charge is 0.465 e. The summed E-state index contributed by atoms with van der Waals surface area (Å²) in [6.07, 6.45) is -0.919. The molecule has 92 valence electrons. The van der Waals surface area contributed by atoms with Gasteiger partial charge in [-0.25, -0.2) is 4.79 Å². The third-order valence-corrected chi connectivity index (χ3v) is 2.93. The highest BCUT2D eigenvalue weighted by molar-refractivity contribution is 5.65. The quantitative estimate of drug-likeness (QED) is 0.877. The summed E-state index contributed by atoms with van der Waals surface area (Å²) in [6, 6.07) is 5.30. The first-order valence-corrected chi connectivity index (χ1v) is 5.52. The fourth-order valence-corrected chi connectivity index (χ4v) is 1.93. The summed E-state index contributed by atoms with van der Waals surface area (Å²) in [5, 5.41) is 9.07. The van der Waals surface area contributed by atoms with E-state index < -0.39 is 6.09 Å². The molecule has 1 unspecified atom stereocenters. The number of ether oxygens (including phenoxy) is 2. The lowest BCUT2D eigenvalue weighted by atomic mass is 10.1. The number of benzene rings is 1. The predicted molar refractivity (Wildman–Crippen MR) is 61.4 cm³/mol. The highest BCUT2D eigenvalue weighted by Gasteiger charge is 2.21. The number of fused-ring (bicyclic) bond motifs is 1. The van der Waals surface area contributed by atoms with Gasteiger partial charge in [0.1, 0.15) is 0 Å². The van der Waals surface area contributed by atoms with Gasteiger partial charge in [-0.3, -0.25) is 0 Å². The van der Waals surface area contributed by atoms with Crippen molar-refractivity contribution in [2.45, 2.75) is 19.9 Å². The third-order valence-electron chi connectivity index (χ3n) is 2.93. The summed E-state index contributed by atoms with van der Waals surface area (Å²) in [5.74, 6) is 1.38. The molecule has 0 bridgehead atoms. The number of carboxylic acid groups (broad SMARTS) is 1. The maximum atomic E-state index is 11.0. The number of carbonyl (C=O) groups is 1. The number of nitrogens with zero attached hydrogens (tertiary/aromatic N) is 1. The van der Waals surface area contributed by atoms with Crippen LogP contribution in [0.4, 0.5) is 4.79 Å². The Morgan fingerprint density at radius 3 is 2.82 bits per heavy atom. The first-order valence-electron chi connectivity index (χ1n) is 5.52. The molecule has 0 aliphatic carbocycles. The Hall–Kier alpha value is -1.91. The van der Waals surface area contributed by atoms with Gasteiger partial charge in [0.2, 0.25) is 6.79 Å². The molecule has 0 saturated heterocycles. The van der Waals surface area contributed by atoms with Crippen LogP contribution in [0.15, 0.2) is 18.2 Å². The second kappa shape index (κ2) is 4.53. The topological polar surface area (TPSA) is 59.0 Å². The SMILES string of the molecule is CCN(C(=O)O)C(C)c1ccc2c(c1)OCO2. The molecule has 0 radical (unpaired) electrons. The molecule has 0 spiro atoms. The molecule has 0 saturated carbocycles. The van der Waals surface area contributed by atoms with Gasteiger partial charge >= 0.3 is 6.09 Å². The molecule has 1 aromatic rings. The van der Waals surface area contributed by atoms with E-state index in [0.717, 1.165) is 5.56 Å². The van der Waals surface area contributed by atoms with E-state index in [1.807, 2.05) is 32.0 Å². The molecule has 1 atom stereocenters. The Labute approximate surface area is 99.6 Å². The summed E-state index contributed by atoms with van der Waals surface area (Å²) in [4.78, 5) is 12.4. The summed E-state index contributed by atoms with van der Waals surface area (Å²) >= 11 is 0. The molecule has 0 aromatic heterocycles. The Kier molecular flexibility index (Phi) is 3.08. The Morgan fingerprint density at radius 2 is 2.18 bits per heavy atom.